The van der Waals surface area contributed by atoms with Crippen molar-refractivity contribution in [3.05, 3.63) is 71.0 Å². The molecule has 3 nitrogen and oxygen atoms in total. The Morgan fingerprint density at radius 3 is 2.54 bits per heavy atom. The molecule has 2 atom stereocenters. The lowest BCUT2D eigenvalue weighted by Gasteiger charge is -2.21. The Hall–Kier alpha value is -2.34. The van der Waals surface area contributed by atoms with Crippen LogP contribution in [0.15, 0.2) is 42.5 Å². The van der Waals surface area contributed by atoms with Gasteiger partial charge in [-0.05, 0) is 48.7 Å². The van der Waals surface area contributed by atoms with E-state index in [2.05, 4.69) is 5.32 Å². The van der Waals surface area contributed by atoms with Crippen LogP contribution in [0.25, 0.3) is 0 Å². The number of halogens is 3. The second kappa shape index (κ2) is 7.97. The number of hydrogen-bond donors (Lipinski definition) is 2. The molecular formula is C18H18F3NO2. The van der Waals surface area contributed by atoms with Gasteiger partial charge in [0.05, 0.1) is 12.1 Å². The highest BCUT2D eigenvalue weighted by atomic mass is 19.2. The lowest BCUT2D eigenvalue weighted by atomic mass is 10.0. The molecule has 0 aliphatic carbocycles. The van der Waals surface area contributed by atoms with Crippen LogP contribution in [0.4, 0.5) is 13.2 Å². The molecule has 2 unspecified atom stereocenters. The first-order valence-electron chi connectivity index (χ1n) is 7.53. The average Bonchev–Trinajstić information content (AvgIpc) is 2.55. The molecular weight excluding hydrogens is 319 g/mol. The molecule has 24 heavy (non-hydrogen) atoms. The maximum atomic E-state index is 13.2. The van der Waals surface area contributed by atoms with Crippen LogP contribution in [-0.4, -0.2) is 17.1 Å². The van der Waals surface area contributed by atoms with Crippen molar-refractivity contribution in [2.45, 2.75) is 31.9 Å². The predicted octanol–water partition coefficient (Wildman–Crippen LogP) is 3.27. The van der Waals surface area contributed by atoms with Gasteiger partial charge in [0, 0.05) is 6.42 Å². The minimum absolute atomic E-state index is 0.123. The molecule has 0 spiro atoms. The van der Waals surface area contributed by atoms with E-state index in [1.54, 1.807) is 19.1 Å². The van der Waals surface area contributed by atoms with Gasteiger partial charge in [0.1, 0.15) is 5.82 Å². The lowest BCUT2D eigenvalue weighted by molar-refractivity contribution is -0.122. The minimum Gasteiger partial charge on any atom is -0.386 e. The maximum absolute atomic E-state index is 13.2. The Kier molecular flexibility index (Phi) is 5.98. The summed E-state index contributed by atoms with van der Waals surface area (Å²) in [6, 6.07) is 8.36. The Morgan fingerprint density at radius 1 is 1.12 bits per heavy atom. The van der Waals surface area contributed by atoms with Crippen molar-refractivity contribution in [3.8, 4) is 0 Å². The largest absolute Gasteiger partial charge is 0.386 e. The third kappa shape index (κ3) is 4.83. The summed E-state index contributed by atoms with van der Waals surface area (Å²) in [5.74, 6) is -2.75. The van der Waals surface area contributed by atoms with Gasteiger partial charge in [0.2, 0.25) is 5.91 Å². The highest BCUT2D eigenvalue weighted by Gasteiger charge is 2.19. The van der Waals surface area contributed by atoms with Gasteiger partial charge in [0.15, 0.2) is 11.6 Å². The van der Waals surface area contributed by atoms with Crippen molar-refractivity contribution in [3.63, 3.8) is 0 Å². The zero-order chi connectivity index (χ0) is 17.7. The van der Waals surface area contributed by atoms with Gasteiger partial charge in [-0.2, -0.15) is 0 Å². The number of benzene rings is 2. The van der Waals surface area contributed by atoms with E-state index in [4.69, 9.17) is 0 Å². The van der Waals surface area contributed by atoms with Crippen LogP contribution in [0.1, 0.15) is 30.6 Å². The van der Waals surface area contributed by atoms with Crippen LogP contribution in [0, 0.1) is 17.5 Å². The number of carbonyl (C=O) groups is 1. The predicted molar refractivity (Wildman–Crippen MR) is 83.6 cm³/mol. The molecule has 2 aromatic rings. The summed E-state index contributed by atoms with van der Waals surface area (Å²) in [7, 11) is 0. The fourth-order valence-electron chi connectivity index (χ4n) is 2.34. The van der Waals surface area contributed by atoms with Crippen LogP contribution in [0.3, 0.4) is 0 Å². The van der Waals surface area contributed by atoms with Crippen LogP contribution in [-0.2, 0) is 11.2 Å². The van der Waals surface area contributed by atoms with Crippen molar-refractivity contribution < 1.29 is 23.1 Å². The highest BCUT2D eigenvalue weighted by molar-refractivity contribution is 5.76. The first-order chi connectivity index (χ1) is 11.4. The second-order valence-electron chi connectivity index (χ2n) is 5.60. The molecule has 0 heterocycles. The molecule has 0 radical (unpaired) electrons. The Bertz CT molecular complexity index is 721. The van der Waals surface area contributed by atoms with E-state index in [-0.39, 0.29) is 23.7 Å². The summed E-state index contributed by atoms with van der Waals surface area (Å²) < 4.78 is 39.2. The minimum atomic E-state index is -1.17. The zero-order valence-electron chi connectivity index (χ0n) is 13.1. The molecule has 128 valence electrons. The monoisotopic (exact) mass is 337 g/mol. The van der Waals surface area contributed by atoms with Gasteiger partial charge in [-0.3, -0.25) is 4.79 Å². The molecule has 6 heteroatoms. The van der Waals surface area contributed by atoms with E-state index in [1.165, 1.54) is 18.2 Å². The molecule has 2 N–H and O–H groups in total. The molecule has 2 aromatic carbocycles. The van der Waals surface area contributed by atoms with Crippen LogP contribution in [0.5, 0.6) is 0 Å². The number of rotatable bonds is 6. The Balaban J connectivity index is 1.89. The Labute approximate surface area is 138 Å². The summed E-state index contributed by atoms with van der Waals surface area (Å²) in [6.07, 6.45) is -0.686. The summed E-state index contributed by atoms with van der Waals surface area (Å²) in [4.78, 5) is 11.9. The number of nitrogens with one attached hydrogen (secondary N) is 1. The topological polar surface area (TPSA) is 49.3 Å². The SMILES string of the molecule is CC(NC(=O)CCc1cccc(F)c1)C(O)c1ccc(F)c(F)c1. The van der Waals surface area contributed by atoms with Crippen molar-refractivity contribution >= 4 is 5.91 Å². The molecule has 0 saturated heterocycles. The van der Waals surface area contributed by atoms with Gasteiger partial charge in [-0.15, -0.1) is 0 Å². The van der Waals surface area contributed by atoms with Crippen molar-refractivity contribution in [1.29, 1.82) is 0 Å². The number of aryl methyl sites for hydroxylation is 1. The van der Waals surface area contributed by atoms with Gasteiger partial charge in [0.25, 0.3) is 0 Å². The third-order valence-corrected chi connectivity index (χ3v) is 3.68. The van der Waals surface area contributed by atoms with Gasteiger partial charge in [-0.1, -0.05) is 18.2 Å². The second-order valence-corrected chi connectivity index (χ2v) is 5.60. The van der Waals surface area contributed by atoms with E-state index in [0.29, 0.717) is 12.0 Å². The van der Waals surface area contributed by atoms with E-state index in [9.17, 15) is 23.1 Å². The number of hydrogen-bond acceptors (Lipinski definition) is 2. The molecule has 2 rings (SSSR count). The molecule has 0 fully saturated rings. The van der Waals surface area contributed by atoms with E-state index in [1.807, 2.05) is 0 Å². The first-order valence-corrected chi connectivity index (χ1v) is 7.53. The standard InChI is InChI=1S/C18H18F3NO2/c1-11(18(24)13-6-7-15(20)16(21)10-13)22-17(23)8-5-12-3-2-4-14(19)9-12/h2-4,6-7,9-11,18,24H,5,8H2,1H3,(H,22,23). The van der Waals surface area contributed by atoms with Gasteiger partial charge >= 0.3 is 0 Å². The highest BCUT2D eigenvalue weighted by Crippen LogP contribution is 2.19. The molecule has 0 bridgehead atoms. The Morgan fingerprint density at radius 2 is 1.88 bits per heavy atom. The van der Waals surface area contributed by atoms with E-state index >= 15 is 0 Å². The van der Waals surface area contributed by atoms with Crippen LogP contribution < -0.4 is 5.32 Å². The normalized spacial score (nSPS) is 13.4. The van der Waals surface area contributed by atoms with E-state index in [0.717, 1.165) is 12.1 Å². The maximum Gasteiger partial charge on any atom is 0.220 e. The van der Waals surface area contributed by atoms with Crippen molar-refractivity contribution in [1.82, 2.24) is 5.32 Å². The molecule has 0 aromatic heterocycles. The molecule has 0 saturated carbocycles. The fraction of sp³-hybridized carbons (Fsp3) is 0.278. The number of aliphatic hydroxyl groups is 1. The lowest BCUT2D eigenvalue weighted by Crippen LogP contribution is -2.37. The number of aliphatic hydroxyl groups excluding tert-OH is 1. The van der Waals surface area contributed by atoms with Crippen molar-refractivity contribution in [2.24, 2.45) is 0 Å². The van der Waals surface area contributed by atoms with Gasteiger partial charge < -0.3 is 10.4 Å². The zero-order valence-corrected chi connectivity index (χ0v) is 13.1. The van der Waals surface area contributed by atoms with Crippen LogP contribution >= 0.6 is 0 Å². The quantitative estimate of drug-likeness (QED) is 0.850. The van der Waals surface area contributed by atoms with Gasteiger partial charge in [-0.25, -0.2) is 13.2 Å². The third-order valence-electron chi connectivity index (χ3n) is 3.68. The summed E-state index contributed by atoms with van der Waals surface area (Å²) in [5, 5.41) is 12.7. The smallest absolute Gasteiger partial charge is 0.220 e. The fourth-order valence-corrected chi connectivity index (χ4v) is 2.34. The number of carbonyl (C=O) groups excluding carboxylic acids is 1. The molecule has 1 amide bonds. The summed E-state index contributed by atoms with van der Waals surface area (Å²) in [5.41, 5.74) is 0.866. The van der Waals surface area contributed by atoms with Crippen molar-refractivity contribution in [2.75, 3.05) is 0 Å². The first kappa shape index (κ1) is 18.0. The summed E-state index contributed by atoms with van der Waals surface area (Å²) in [6.45, 7) is 1.56. The molecule has 0 aliphatic heterocycles. The number of amides is 1. The van der Waals surface area contributed by atoms with E-state index < -0.39 is 23.8 Å². The molecule has 0 aliphatic rings. The summed E-state index contributed by atoms with van der Waals surface area (Å²) >= 11 is 0. The average molecular weight is 337 g/mol. The van der Waals surface area contributed by atoms with Crippen LogP contribution in [0.2, 0.25) is 0 Å².